The Bertz CT molecular complexity index is 574. The molecule has 2 rings (SSSR count). The van der Waals surface area contributed by atoms with E-state index < -0.39 is 0 Å². The highest BCUT2D eigenvalue weighted by atomic mass is 127. The molecule has 1 heterocycles. The molecule has 1 atom stereocenters. The lowest BCUT2D eigenvalue weighted by molar-refractivity contribution is 0.124. The van der Waals surface area contributed by atoms with Crippen molar-refractivity contribution in [2.24, 2.45) is 10.9 Å². The predicted octanol–water partition coefficient (Wildman–Crippen LogP) is 2.96. The Morgan fingerprint density at radius 3 is 2.33 bits per heavy atom. The maximum Gasteiger partial charge on any atom is 0.190 e. The summed E-state index contributed by atoms with van der Waals surface area (Å²) in [5.74, 6) is 1.52. The molecule has 1 aliphatic heterocycles. The molecule has 1 aliphatic rings. The Kier molecular flexibility index (Phi) is 14.1. The third-order valence-corrected chi connectivity index (χ3v) is 5.72. The number of piperazine rings is 1. The molecule has 0 radical (unpaired) electrons. The van der Waals surface area contributed by atoms with E-state index in [2.05, 4.69) is 81.4 Å². The van der Waals surface area contributed by atoms with Crippen LogP contribution >= 0.6 is 24.0 Å². The summed E-state index contributed by atoms with van der Waals surface area (Å²) in [5.41, 5.74) is 1.30. The SMILES string of the molecule is CCN1CCN(CC(C)CNC(=NC)NCCCN(CC)c2ccccc2)CC1.I. The second-order valence-corrected chi connectivity index (χ2v) is 7.99. The maximum atomic E-state index is 4.38. The van der Waals surface area contributed by atoms with Gasteiger partial charge in [-0.2, -0.15) is 0 Å². The summed E-state index contributed by atoms with van der Waals surface area (Å²) in [6, 6.07) is 10.6. The summed E-state index contributed by atoms with van der Waals surface area (Å²) in [4.78, 5) is 11.9. The molecule has 0 bridgehead atoms. The third-order valence-electron chi connectivity index (χ3n) is 5.72. The minimum Gasteiger partial charge on any atom is -0.372 e. The molecule has 1 aromatic carbocycles. The molecule has 0 saturated carbocycles. The number of para-hydroxylation sites is 1. The molecule has 1 unspecified atom stereocenters. The van der Waals surface area contributed by atoms with E-state index >= 15 is 0 Å². The number of hydrogen-bond acceptors (Lipinski definition) is 4. The first-order chi connectivity index (χ1) is 14.2. The van der Waals surface area contributed by atoms with E-state index in [4.69, 9.17) is 0 Å². The Balaban J connectivity index is 0.00000450. The van der Waals surface area contributed by atoms with Crippen LogP contribution in [0.15, 0.2) is 35.3 Å². The fourth-order valence-electron chi connectivity index (χ4n) is 3.87. The topological polar surface area (TPSA) is 46.1 Å². The van der Waals surface area contributed by atoms with Gasteiger partial charge in [-0.15, -0.1) is 24.0 Å². The number of benzene rings is 1. The molecule has 172 valence electrons. The van der Waals surface area contributed by atoms with Gasteiger partial charge in [-0.05, 0) is 37.9 Å². The van der Waals surface area contributed by atoms with Crippen molar-refractivity contribution in [3.8, 4) is 0 Å². The average molecular weight is 531 g/mol. The highest BCUT2D eigenvalue weighted by Gasteiger charge is 2.17. The number of nitrogens with one attached hydrogen (secondary N) is 2. The Hall–Kier alpha value is -1.06. The van der Waals surface area contributed by atoms with Crippen molar-refractivity contribution in [2.45, 2.75) is 27.2 Å². The molecular formula is C23H43IN6. The van der Waals surface area contributed by atoms with E-state index in [0.29, 0.717) is 5.92 Å². The minimum absolute atomic E-state index is 0. The van der Waals surface area contributed by atoms with E-state index in [1.807, 2.05) is 7.05 Å². The van der Waals surface area contributed by atoms with Crippen LogP contribution in [0, 0.1) is 5.92 Å². The first kappa shape index (κ1) is 27.0. The highest BCUT2D eigenvalue weighted by molar-refractivity contribution is 14.0. The number of likely N-dealkylation sites (N-methyl/N-ethyl adjacent to an activating group) is 1. The fraction of sp³-hybridized carbons (Fsp3) is 0.696. The molecule has 0 aliphatic carbocycles. The van der Waals surface area contributed by atoms with Gasteiger partial charge in [0, 0.05) is 71.6 Å². The van der Waals surface area contributed by atoms with Gasteiger partial charge in [0.05, 0.1) is 0 Å². The van der Waals surface area contributed by atoms with Crippen molar-refractivity contribution < 1.29 is 0 Å². The summed E-state index contributed by atoms with van der Waals surface area (Å²) in [6.07, 6.45) is 1.08. The van der Waals surface area contributed by atoms with Gasteiger partial charge in [-0.25, -0.2) is 0 Å². The van der Waals surface area contributed by atoms with E-state index in [1.54, 1.807) is 0 Å². The van der Waals surface area contributed by atoms with Gasteiger partial charge in [0.25, 0.3) is 0 Å². The van der Waals surface area contributed by atoms with Crippen LogP contribution in [-0.2, 0) is 0 Å². The van der Waals surface area contributed by atoms with E-state index in [1.165, 1.54) is 38.4 Å². The Labute approximate surface area is 201 Å². The third kappa shape index (κ3) is 9.83. The van der Waals surface area contributed by atoms with E-state index in [-0.39, 0.29) is 24.0 Å². The molecule has 7 heteroatoms. The number of guanidine groups is 1. The number of aliphatic imine (C=N–C) groups is 1. The monoisotopic (exact) mass is 530 g/mol. The Morgan fingerprint density at radius 2 is 1.73 bits per heavy atom. The van der Waals surface area contributed by atoms with Crippen molar-refractivity contribution in [2.75, 3.05) is 77.4 Å². The molecule has 1 aromatic rings. The lowest BCUT2D eigenvalue weighted by Gasteiger charge is -2.35. The quantitative estimate of drug-likeness (QED) is 0.200. The van der Waals surface area contributed by atoms with Gasteiger partial charge in [0.1, 0.15) is 0 Å². The number of rotatable bonds is 11. The van der Waals surface area contributed by atoms with Gasteiger partial charge in [0.15, 0.2) is 5.96 Å². The summed E-state index contributed by atoms with van der Waals surface area (Å²) in [5, 5.41) is 6.97. The fourth-order valence-corrected chi connectivity index (χ4v) is 3.87. The van der Waals surface area contributed by atoms with Crippen molar-refractivity contribution in [1.82, 2.24) is 20.4 Å². The number of nitrogens with zero attached hydrogens (tertiary/aromatic N) is 4. The average Bonchev–Trinajstić information content (AvgIpc) is 2.77. The van der Waals surface area contributed by atoms with Crippen LogP contribution < -0.4 is 15.5 Å². The number of anilines is 1. The van der Waals surface area contributed by atoms with Gasteiger partial charge in [-0.3, -0.25) is 4.99 Å². The van der Waals surface area contributed by atoms with Crippen LogP contribution in [0.3, 0.4) is 0 Å². The zero-order valence-electron chi connectivity index (χ0n) is 19.4. The van der Waals surface area contributed by atoms with Gasteiger partial charge < -0.3 is 25.3 Å². The van der Waals surface area contributed by atoms with Gasteiger partial charge in [0.2, 0.25) is 0 Å². The first-order valence-electron chi connectivity index (χ1n) is 11.4. The number of halogens is 1. The van der Waals surface area contributed by atoms with Crippen LogP contribution in [0.25, 0.3) is 0 Å². The van der Waals surface area contributed by atoms with Crippen LogP contribution in [0.5, 0.6) is 0 Å². The van der Waals surface area contributed by atoms with Crippen molar-refractivity contribution in [1.29, 1.82) is 0 Å². The lowest BCUT2D eigenvalue weighted by atomic mass is 10.1. The summed E-state index contributed by atoms with van der Waals surface area (Å²) in [7, 11) is 1.85. The lowest BCUT2D eigenvalue weighted by Crippen LogP contribution is -2.48. The summed E-state index contributed by atoms with van der Waals surface area (Å²) in [6.45, 7) is 17.9. The molecule has 1 fully saturated rings. The standard InChI is InChI=1S/C23H42N6.HI/c1-5-27-15-17-28(18-16-27)20-21(3)19-26-23(24-4)25-13-10-14-29(6-2)22-11-8-7-9-12-22;/h7-9,11-12,21H,5-6,10,13-20H2,1-4H3,(H2,24,25,26);1H. The molecule has 6 nitrogen and oxygen atoms in total. The normalized spacial score (nSPS) is 16.6. The molecule has 0 amide bonds. The molecular weight excluding hydrogens is 487 g/mol. The zero-order chi connectivity index (χ0) is 20.9. The molecule has 0 aromatic heterocycles. The van der Waals surface area contributed by atoms with Crippen molar-refractivity contribution >= 4 is 35.6 Å². The zero-order valence-corrected chi connectivity index (χ0v) is 21.8. The molecule has 30 heavy (non-hydrogen) atoms. The van der Waals surface area contributed by atoms with E-state index in [0.717, 1.165) is 45.1 Å². The molecule has 2 N–H and O–H groups in total. The summed E-state index contributed by atoms with van der Waals surface area (Å²) < 4.78 is 0. The van der Waals surface area contributed by atoms with Crippen molar-refractivity contribution in [3.05, 3.63) is 30.3 Å². The van der Waals surface area contributed by atoms with Crippen LogP contribution in [0.4, 0.5) is 5.69 Å². The second kappa shape index (κ2) is 15.7. The Morgan fingerprint density at radius 1 is 1.07 bits per heavy atom. The van der Waals surface area contributed by atoms with Gasteiger partial charge in [-0.1, -0.05) is 32.0 Å². The first-order valence-corrected chi connectivity index (χ1v) is 11.4. The highest BCUT2D eigenvalue weighted by Crippen LogP contribution is 2.12. The number of hydrogen-bond donors (Lipinski definition) is 2. The second-order valence-electron chi connectivity index (χ2n) is 7.99. The molecule has 1 saturated heterocycles. The maximum absolute atomic E-state index is 4.38. The van der Waals surface area contributed by atoms with E-state index in [9.17, 15) is 0 Å². The van der Waals surface area contributed by atoms with Crippen LogP contribution in [-0.4, -0.2) is 88.3 Å². The van der Waals surface area contributed by atoms with Crippen molar-refractivity contribution in [3.63, 3.8) is 0 Å². The molecule has 0 spiro atoms. The largest absolute Gasteiger partial charge is 0.372 e. The summed E-state index contributed by atoms with van der Waals surface area (Å²) >= 11 is 0. The van der Waals surface area contributed by atoms with Crippen LogP contribution in [0.2, 0.25) is 0 Å². The van der Waals surface area contributed by atoms with Gasteiger partial charge >= 0.3 is 0 Å². The minimum atomic E-state index is 0. The van der Waals surface area contributed by atoms with Crippen LogP contribution in [0.1, 0.15) is 27.2 Å². The predicted molar refractivity (Wildman–Crippen MR) is 141 cm³/mol. The smallest absolute Gasteiger partial charge is 0.190 e.